The summed E-state index contributed by atoms with van der Waals surface area (Å²) < 4.78 is 29.4. The molecule has 2 heterocycles. The molecule has 7 heteroatoms. The zero-order chi connectivity index (χ0) is 21.0. The molecule has 1 aliphatic rings. The average molecular weight is 426 g/mol. The highest BCUT2D eigenvalue weighted by Gasteiger charge is 2.26. The van der Waals surface area contributed by atoms with Crippen molar-refractivity contribution in [3.63, 3.8) is 0 Å². The molecule has 0 aliphatic carbocycles. The molecule has 1 saturated heterocycles. The standard InChI is InChI=1S/C23H27N3O3S/c27-23(24-18-19-7-3-1-4-8-19)12-16-25-15-11-20-17-21(9-10-22(20)25)30(28,29)26-13-5-2-6-14-26/h1,3-4,7-11,15,17H,2,5-6,12-14,16,18H2,(H,24,27). The number of aromatic nitrogens is 1. The van der Waals surface area contributed by atoms with Crippen LogP contribution in [-0.4, -0.2) is 36.3 Å². The van der Waals surface area contributed by atoms with Gasteiger partial charge < -0.3 is 9.88 Å². The second kappa shape index (κ2) is 9.02. The zero-order valence-electron chi connectivity index (χ0n) is 17.0. The van der Waals surface area contributed by atoms with E-state index in [0.29, 0.717) is 37.5 Å². The Labute approximate surface area is 177 Å². The summed E-state index contributed by atoms with van der Waals surface area (Å²) in [5.41, 5.74) is 2.00. The molecule has 1 aliphatic heterocycles. The highest BCUT2D eigenvalue weighted by atomic mass is 32.2. The molecule has 158 valence electrons. The van der Waals surface area contributed by atoms with Crippen molar-refractivity contribution in [2.45, 2.75) is 43.7 Å². The van der Waals surface area contributed by atoms with Crippen LogP contribution in [0, 0.1) is 0 Å². The van der Waals surface area contributed by atoms with Crippen LogP contribution in [-0.2, 0) is 27.9 Å². The second-order valence-corrected chi connectivity index (χ2v) is 9.64. The average Bonchev–Trinajstić information content (AvgIpc) is 3.20. The van der Waals surface area contributed by atoms with Crippen molar-refractivity contribution >= 4 is 26.8 Å². The van der Waals surface area contributed by atoms with Crippen molar-refractivity contribution in [1.29, 1.82) is 0 Å². The Bertz CT molecular complexity index is 1120. The molecule has 1 amide bonds. The van der Waals surface area contributed by atoms with Gasteiger partial charge in [0.05, 0.1) is 4.90 Å². The van der Waals surface area contributed by atoms with Gasteiger partial charge in [0.2, 0.25) is 15.9 Å². The van der Waals surface area contributed by atoms with Crippen LogP contribution < -0.4 is 5.32 Å². The van der Waals surface area contributed by atoms with Crippen molar-refractivity contribution in [1.82, 2.24) is 14.2 Å². The van der Waals surface area contributed by atoms with Gasteiger partial charge in [-0.1, -0.05) is 36.8 Å². The van der Waals surface area contributed by atoms with Crippen LogP contribution in [0.15, 0.2) is 65.7 Å². The van der Waals surface area contributed by atoms with Gasteiger partial charge in [-0.3, -0.25) is 4.79 Å². The van der Waals surface area contributed by atoms with Gasteiger partial charge in [0.15, 0.2) is 0 Å². The van der Waals surface area contributed by atoms with Gasteiger partial charge in [-0.25, -0.2) is 8.42 Å². The Balaban J connectivity index is 1.40. The van der Waals surface area contributed by atoms with E-state index in [9.17, 15) is 13.2 Å². The molecular weight excluding hydrogens is 398 g/mol. The maximum atomic E-state index is 12.9. The number of carbonyl (C=O) groups excluding carboxylic acids is 1. The largest absolute Gasteiger partial charge is 0.352 e. The van der Waals surface area contributed by atoms with Crippen molar-refractivity contribution in [2.75, 3.05) is 13.1 Å². The Morgan fingerprint density at radius 2 is 1.73 bits per heavy atom. The van der Waals surface area contributed by atoms with E-state index in [2.05, 4.69) is 5.32 Å². The van der Waals surface area contributed by atoms with Crippen LogP contribution in [0.1, 0.15) is 31.2 Å². The van der Waals surface area contributed by atoms with Crippen molar-refractivity contribution in [2.24, 2.45) is 0 Å². The maximum absolute atomic E-state index is 12.9. The molecule has 0 radical (unpaired) electrons. The maximum Gasteiger partial charge on any atom is 0.243 e. The van der Waals surface area contributed by atoms with Crippen LogP contribution in [0.5, 0.6) is 0 Å². The lowest BCUT2D eigenvalue weighted by Crippen LogP contribution is -2.35. The lowest BCUT2D eigenvalue weighted by atomic mass is 10.2. The van der Waals surface area contributed by atoms with Crippen molar-refractivity contribution in [3.05, 3.63) is 66.4 Å². The number of fused-ring (bicyclic) bond motifs is 1. The van der Waals surface area contributed by atoms with Gasteiger partial charge in [0.25, 0.3) is 0 Å². The molecular formula is C23H27N3O3S. The number of amides is 1. The highest BCUT2D eigenvalue weighted by Crippen LogP contribution is 2.25. The SMILES string of the molecule is O=C(CCn1ccc2cc(S(=O)(=O)N3CCCCC3)ccc21)NCc1ccccc1. The molecule has 0 unspecified atom stereocenters. The van der Waals surface area contributed by atoms with Crippen LogP contribution in [0.3, 0.4) is 0 Å². The first-order valence-electron chi connectivity index (χ1n) is 10.4. The van der Waals surface area contributed by atoms with Crippen molar-refractivity contribution in [3.8, 4) is 0 Å². The fourth-order valence-corrected chi connectivity index (χ4v) is 5.45. The third kappa shape index (κ3) is 4.57. The third-order valence-electron chi connectivity index (χ3n) is 5.61. The molecule has 1 aromatic heterocycles. The molecule has 0 atom stereocenters. The fraction of sp³-hybridized carbons (Fsp3) is 0.348. The summed E-state index contributed by atoms with van der Waals surface area (Å²) in [6.45, 7) is 2.26. The predicted molar refractivity (Wildman–Crippen MR) is 117 cm³/mol. The molecule has 0 bridgehead atoms. The summed E-state index contributed by atoms with van der Waals surface area (Å²) in [4.78, 5) is 12.5. The number of piperidine rings is 1. The van der Waals surface area contributed by atoms with E-state index in [-0.39, 0.29) is 5.91 Å². The van der Waals surface area contributed by atoms with E-state index in [1.165, 1.54) is 0 Å². The highest BCUT2D eigenvalue weighted by molar-refractivity contribution is 7.89. The van der Waals surface area contributed by atoms with Crippen molar-refractivity contribution < 1.29 is 13.2 Å². The van der Waals surface area contributed by atoms with E-state index < -0.39 is 10.0 Å². The molecule has 3 aromatic rings. The Hall–Kier alpha value is -2.64. The first-order chi connectivity index (χ1) is 14.5. The molecule has 30 heavy (non-hydrogen) atoms. The fourth-order valence-electron chi connectivity index (χ4n) is 3.89. The minimum atomic E-state index is -3.44. The summed E-state index contributed by atoms with van der Waals surface area (Å²) in [6, 6.07) is 17.0. The first kappa shape index (κ1) is 20.6. The number of nitrogens with zero attached hydrogens (tertiary/aromatic N) is 2. The molecule has 6 nitrogen and oxygen atoms in total. The lowest BCUT2D eigenvalue weighted by molar-refractivity contribution is -0.121. The number of benzene rings is 2. The lowest BCUT2D eigenvalue weighted by Gasteiger charge is -2.25. The number of sulfonamides is 1. The number of hydrogen-bond acceptors (Lipinski definition) is 3. The number of carbonyl (C=O) groups is 1. The molecule has 0 spiro atoms. The number of aryl methyl sites for hydroxylation is 1. The molecule has 2 aromatic carbocycles. The summed E-state index contributed by atoms with van der Waals surface area (Å²) in [6.07, 6.45) is 5.21. The Morgan fingerprint density at radius 1 is 0.967 bits per heavy atom. The second-order valence-electron chi connectivity index (χ2n) is 7.71. The smallest absolute Gasteiger partial charge is 0.243 e. The minimum Gasteiger partial charge on any atom is -0.352 e. The van der Waals surface area contributed by atoms with Crippen LogP contribution in [0.25, 0.3) is 10.9 Å². The normalized spacial score (nSPS) is 15.3. The van der Waals surface area contributed by atoms with E-state index >= 15 is 0 Å². The first-order valence-corrected chi connectivity index (χ1v) is 11.9. The predicted octanol–water partition coefficient (Wildman–Crippen LogP) is 3.52. The van der Waals surface area contributed by atoms with Gasteiger partial charge in [0.1, 0.15) is 0 Å². The molecule has 0 saturated carbocycles. The summed E-state index contributed by atoms with van der Waals surface area (Å²) >= 11 is 0. The van der Waals surface area contributed by atoms with E-state index in [1.807, 2.05) is 53.2 Å². The summed E-state index contributed by atoms with van der Waals surface area (Å²) in [5.74, 6) is -0.00926. The minimum absolute atomic E-state index is 0.00926. The quantitative estimate of drug-likeness (QED) is 0.630. The van der Waals surface area contributed by atoms with Gasteiger partial charge >= 0.3 is 0 Å². The Kier molecular flexibility index (Phi) is 6.20. The van der Waals surface area contributed by atoms with Crippen LogP contribution in [0.2, 0.25) is 0 Å². The van der Waals surface area contributed by atoms with Gasteiger partial charge in [-0.2, -0.15) is 4.31 Å². The van der Waals surface area contributed by atoms with Gasteiger partial charge in [0, 0.05) is 49.7 Å². The Morgan fingerprint density at radius 3 is 2.50 bits per heavy atom. The van der Waals surface area contributed by atoms with E-state index in [4.69, 9.17) is 0 Å². The monoisotopic (exact) mass is 425 g/mol. The summed E-state index contributed by atoms with van der Waals surface area (Å²) in [7, 11) is -3.44. The summed E-state index contributed by atoms with van der Waals surface area (Å²) in [5, 5.41) is 3.81. The van der Waals surface area contributed by atoms with Gasteiger partial charge in [-0.05, 0) is 42.7 Å². The van der Waals surface area contributed by atoms with Gasteiger partial charge in [-0.15, -0.1) is 0 Å². The number of nitrogens with one attached hydrogen (secondary N) is 1. The number of rotatable bonds is 7. The molecule has 1 fully saturated rings. The zero-order valence-corrected chi connectivity index (χ0v) is 17.8. The molecule has 4 rings (SSSR count). The number of hydrogen-bond donors (Lipinski definition) is 1. The van der Waals surface area contributed by atoms with E-state index in [0.717, 1.165) is 35.7 Å². The topological polar surface area (TPSA) is 71.4 Å². The van der Waals surface area contributed by atoms with Crippen LogP contribution >= 0.6 is 0 Å². The third-order valence-corrected chi connectivity index (χ3v) is 7.50. The van der Waals surface area contributed by atoms with Crippen LogP contribution in [0.4, 0.5) is 0 Å². The molecule has 1 N–H and O–H groups in total. The van der Waals surface area contributed by atoms with E-state index in [1.54, 1.807) is 16.4 Å².